The second-order valence-electron chi connectivity index (χ2n) is 6.20. The molecule has 1 unspecified atom stereocenters. The van der Waals surface area contributed by atoms with E-state index in [0.29, 0.717) is 25.9 Å². The number of likely N-dealkylation sites (N-methyl/N-ethyl adjacent to an activating group) is 1. The van der Waals surface area contributed by atoms with Crippen molar-refractivity contribution in [3.8, 4) is 0 Å². The molecule has 0 saturated carbocycles. The molecule has 2 amide bonds. The lowest BCUT2D eigenvalue weighted by Gasteiger charge is -2.46. The summed E-state index contributed by atoms with van der Waals surface area (Å²) in [5.74, 6) is -0.0190. The molecule has 3 fully saturated rings. The van der Waals surface area contributed by atoms with Crippen LogP contribution in [0.1, 0.15) is 32.6 Å². The van der Waals surface area contributed by atoms with Crippen LogP contribution in [0.2, 0.25) is 0 Å². The number of nitrogens with zero attached hydrogens (tertiary/aromatic N) is 2. The van der Waals surface area contributed by atoms with E-state index in [1.165, 1.54) is 6.92 Å². The van der Waals surface area contributed by atoms with E-state index in [-0.39, 0.29) is 36.1 Å². The molecule has 0 bridgehead atoms. The van der Waals surface area contributed by atoms with Gasteiger partial charge in [-0.2, -0.15) is 0 Å². The summed E-state index contributed by atoms with van der Waals surface area (Å²) in [5.41, 5.74) is -0.887. The quantitative estimate of drug-likeness (QED) is 0.758. The molecule has 3 atom stereocenters. The molecule has 3 aliphatic rings. The molecule has 3 rings (SSSR count). The van der Waals surface area contributed by atoms with Gasteiger partial charge in [0.2, 0.25) is 11.8 Å². The van der Waals surface area contributed by atoms with E-state index in [4.69, 9.17) is 0 Å². The van der Waals surface area contributed by atoms with Crippen LogP contribution in [0.4, 0.5) is 0 Å². The normalized spacial score (nSPS) is 36.3. The molecule has 3 aliphatic heterocycles. The molecule has 6 nitrogen and oxygen atoms in total. The number of nitrogens with one attached hydrogen (secondary N) is 1. The number of hydrogen-bond acceptors (Lipinski definition) is 4. The smallest absolute Gasteiger partial charge is 0.249 e. The van der Waals surface area contributed by atoms with Crippen molar-refractivity contribution in [2.75, 3.05) is 20.1 Å². The maximum absolute atomic E-state index is 12.9. The second kappa shape index (κ2) is 4.55. The number of fused-ring (bicyclic) bond motifs is 2. The number of carbonyl (C=O) groups excluding carboxylic acids is 3. The summed E-state index contributed by atoms with van der Waals surface area (Å²) in [6.07, 6.45) is 2.25. The molecule has 0 radical (unpaired) electrons. The Morgan fingerprint density at radius 2 is 2.20 bits per heavy atom. The Bertz CT molecular complexity index is 478. The Kier molecular flexibility index (Phi) is 3.08. The van der Waals surface area contributed by atoms with Gasteiger partial charge in [-0.3, -0.25) is 14.4 Å². The number of hydrogen-bond donors (Lipinski definition) is 1. The highest BCUT2D eigenvalue weighted by molar-refractivity contribution is 6.03. The van der Waals surface area contributed by atoms with Gasteiger partial charge >= 0.3 is 0 Å². The van der Waals surface area contributed by atoms with Crippen molar-refractivity contribution in [3.63, 3.8) is 0 Å². The van der Waals surface area contributed by atoms with Crippen LogP contribution < -0.4 is 5.32 Å². The van der Waals surface area contributed by atoms with Crippen molar-refractivity contribution >= 4 is 17.6 Å². The summed E-state index contributed by atoms with van der Waals surface area (Å²) in [5, 5.41) is 3.15. The summed E-state index contributed by atoms with van der Waals surface area (Å²) < 4.78 is 0. The van der Waals surface area contributed by atoms with Crippen molar-refractivity contribution < 1.29 is 14.4 Å². The van der Waals surface area contributed by atoms with Gasteiger partial charge in [-0.25, -0.2) is 0 Å². The van der Waals surface area contributed by atoms with Gasteiger partial charge in [-0.1, -0.05) is 0 Å². The molecule has 1 N–H and O–H groups in total. The molecule has 6 heteroatoms. The third-order valence-corrected chi connectivity index (χ3v) is 4.95. The molecule has 110 valence electrons. The van der Waals surface area contributed by atoms with E-state index >= 15 is 0 Å². The largest absolute Gasteiger partial charge is 0.327 e. The topological polar surface area (TPSA) is 69.7 Å². The first kappa shape index (κ1) is 13.5. The van der Waals surface area contributed by atoms with E-state index in [0.717, 1.165) is 6.42 Å². The van der Waals surface area contributed by atoms with E-state index in [2.05, 4.69) is 5.32 Å². The molecular formula is C14H21N3O3. The van der Waals surface area contributed by atoms with Crippen molar-refractivity contribution in [1.29, 1.82) is 0 Å². The third-order valence-electron chi connectivity index (χ3n) is 4.95. The molecular weight excluding hydrogens is 258 g/mol. The van der Waals surface area contributed by atoms with Crippen LogP contribution in [0.15, 0.2) is 0 Å². The van der Waals surface area contributed by atoms with E-state index in [1.807, 2.05) is 7.05 Å². The van der Waals surface area contributed by atoms with Gasteiger partial charge < -0.3 is 15.1 Å². The van der Waals surface area contributed by atoms with Crippen molar-refractivity contribution in [1.82, 2.24) is 15.1 Å². The minimum Gasteiger partial charge on any atom is -0.327 e. The van der Waals surface area contributed by atoms with Gasteiger partial charge in [0.15, 0.2) is 0 Å². The summed E-state index contributed by atoms with van der Waals surface area (Å²) in [4.78, 5) is 40.6. The minimum atomic E-state index is -0.887. The molecule has 0 aromatic heterocycles. The van der Waals surface area contributed by atoms with Crippen LogP contribution in [-0.2, 0) is 14.4 Å². The van der Waals surface area contributed by atoms with E-state index in [9.17, 15) is 14.4 Å². The highest BCUT2D eigenvalue weighted by atomic mass is 16.2. The average Bonchev–Trinajstić information content (AvgIpc) is 3.00. The van der Waals surface area contributed by atoms with Gasteiger partial charge in [0, 0.05) is 25.6 Å². The first-order valence-corrected chi connectivity index (χ1v) is 7.29. The molecule has 0 aliphatic carbocycles. The van der Waals surface area contributed by atoms with Crippen LogP contribution in [-0.4, -0.2) is 65.2 Å². The van der Waals surface area contributed by atoms with Gasteiger partial charge in [0.25, 0.3) is 0 Å². The van der Waals surface area contributed by atoms with Crippen LogP contribution in [0, 0.1) is 0 Å². The number of carbonyl (C=O) groups is 3. The Hall–Kier alpha value is -1.43. The summed E-state index contributed by atoms with van der Waals surface area (Å²) >= 11 is 0. The Balaban J connectivity index is 1.97. The predicted octanol–water partition coefficient (Wildman–Crippen LogP) is -0.471. The fraction of sp³-hybridized carbons (Fsp3) is 0.786. The van der Waals surface area contributed by atoms with Crippen LogP contribution in [0.3, 0.4) is 0 Å². The molecule has 20 heavy (non-hydrogen) atoms. The van der Waals surface area contributed by atoms with Gasteiger partial charge in [-0.05, 0) is 33.2 Å². The lowest BCUT2D eigenvalue weighted by atomic mass is 9.85. The minimum absolute atomic E-state index is 0.0208. The summed E-state index contributed by atoms with van der Waals surface area (Å²) in [7, 11) is 1.85. The van der Waals surface area contributed by atoms with Crippen molar-refractivity contribution in [2.24, 2.45) is 0 Å². The van der Waals surface area contributed by atoms with E-state index in [1.54, 1.807) is 9.80 Å². The SMILES string of the molecule is CN[C@H]1CC2C(=O)N3CCC[C@]3(CC(C)=O)C(=O)N2C1. The zero-order valence-electron chi connectivity index (χ0n) is 12.0. The molecule has 0 spiro atoms. The van der Waals surface area contributed by atoms with Gasteiger partial charge in [-0.15, -0.1) is 0 Å². The summed E-state index contributed by atoms with van der Waals surface area (Å²) in [6, 6.07) is -0.166. The summed E-state index contributed by atoms with van der Waals surface area (Å²) in [6.45, 7) is 2.67. The Morgan fingerprint density at radius 3 is 2.85 bits per heavy atom. The molecule has 0 aromatic rings. The van der Waals surface area contributed by atoms with Crippen molar-refractivity contribution in [2.45, 2.75) is 50.2 Å². The number of rotatable bonds is 3. The standard InChI is InChI=1S/C14H21N3O3/c1-9(18)7-14-4-3-5-17(14)12(19)11-6-10(15-2)8-16(11)13(14)20/h10-11,15H,3-8H2,1-2H3/t10-,11?,14-/m0/s1. The highest BCUT2D eigenvalue weighted by Gasteiger charge is 2.60. The maximum atomic E-state index is 12.9. The lowest BCUT2D eigenvalue weighted by molar-refractivity contribution is -0.166. The first-order valence-electron chi connectivity index (χ1n) is 7.29. The highest BCUT2D eigenvalue weighted by Crippen LogP contribution is 2.41. The number of Topliss-reactive ketones (excluding diaryl/α,β-unsaturated/α-hetero) is 1. The number of ketones is 1. The Labute approximate surface area is 118 Å². The third kappa shape index (κ3) is 1.70. The van der Waals surface area contributed by atoms with Crippen LogP contribution in [0.25, 0.3) is 0 Å². The predicted molar refractivity (Wildman–Crippen MR) is 71.9 cm³/mol. The number of piperazine rings is 1. The Morgan fingerprint density at radius 1 is 1.45 bits per heavy atom. The second-order valence-corrected chi connectivity index (χ2v) is 6.20. The number of amides is 2. The maximum Gasteiger partial charge on any atom is 0.249 e. The zero-order valence-corrected chi connectivity index (χ0v) is 12.0. The fourth-order valence-electron chi connectivity index (χ4n) is 4.04. The van der Waals surface area contributed by atoms with Gasteiger partial charge in [0.1, 0.15) is 17.4 Å². The lowest BCUT2D eigenvalue weighted by Crippen LogP contribution is -2.68. The van der Waals surface area contributed by atoms with Gasteiger partial charge in [0.05, 0.1) is 0 Å². The van der Waals surface area contributed by atoms with Crippen LogP contribution >= 0.6 is 0 Å². The molecule has 3 heterocycles. The van der Waals surface area contributed by atoms with E-state index < -0.39 is 5.54 Å². The average molecular weight is 279 g/mol. The van der Waals surface area contributed by atoms with Crippen molar-refractivity contribution in [3.05, 3.63) is 0 Å². The fourth-order valence-corrected chi connectivity index (χ4v) is 4.04. The van der Waals surface area contributed by atoms with Crippen LogP contribution in [0.5, 0.6) is 0 Å². The molecule has 0 aromatic carbocycles. The monoisotopic (exact) mass is 279 g/mol. The first-order chi connectivity index (χ1) is 9.49. The molecule has 3 saturated heterocycles. The zero-order chi connectivity index (χ0) is 14.5.